The number of rotatable bonds is 6. The van der Waals surface area contributed by atoms with Crippen LogP contribution in [0.15, 0.2) is 0 Å². The van der Waals surface area contributed by atoms with Gasteiger partial charge in [0.05, 0.1) is 17.3 Å². The Bertz CT molecular complexity index is 472. The minimum Gasteiger partial charge on any atom is -0.481 e. The molecule has 0 aliphatic carbocycles. The topological polar surface area (TPSA) is 158 Å². The first-order valence-corrected chi connectivity index (χ1v) is 11.8. The number of hydrogen-bond donors (Lipinski definition) is 4. The third kappa shape index (κ3) is 34.8. The highest BCUT2D eigenvalue weighted by molar-refractivity contribution is 7.86. The Morgan fingerprint density at radius 1 is 1.08 bits per heavy atom. The molecule has 4 N–H and O–H groups in total. The van der Waals surface area contributed by atoms with Crippen LogP contribution >= 0.6 is 7.60 Å². The maximum atomic E-state index is 10.1. The fourth-order valence-electron chi connectivity index (χ4n) is 0.385. The van der Waals surface area contributed by atoms with Gasteiger partial charge in [0, 0.05) is 13.8 Å². The van der Waals surface area contributed by atoms with Crippen LogP contribution in [0, 0.1) is 5.92 Å². The summed E-state index contributed by atoms with van der Waals surface area (Å²) in [5, 5.41) is 15.9. The van der Waals surface area contributed by atoms with Gasteiger partial charge in [-0.15, -0.1) is 0 Å². The van der Waals surface area contributed by atoms with Crippen molar-refractivity contribution in [3.8, 4) is 0 Å². The summed E-state index contributed by atoms with van der Waals surface area (Å²) in [5.74, 6) is -0.887. The lowest BCUT2D eigenvalue weighted by molar-refractivity contribution is -0.141. The molecule has 4 atom stereocenters. The molecular weight excluding hydrogens is 387 g/mol. The maximum absolute atomic E-state index is 10.1. The van der Waals surface area contributed by atoms with E-state index in [9.17, 15) is 17.8 Å². The van der Waals surface area contributed by atoms with Crippen LogP contribution in [-0.4, -0.2) is 59.2 Å². The molecule has 4 unspecified atom stereocenters. The minimum atomic E-state index is -3.75. The van der Waals surface area contributed by atoms with Crippen molar-refractivity contribution in [2.45, 2.75) is 72.2 Å². The van der Waals surface area contributed by atoms with Crippen molar-refractivity contribution in [1.82, 2.24) is 0 Å². The Morgan fingerprint density at radius 3 is 1.38 bits per heavy atom. The summed E-state index contributed by atoms with van der Waals surface area (Å²) < 4.78 is 42.5. The highest BCUT2D eigenvalue weighted by atomic mass is 32.2. The zero-order valence-corrected chi connectivity index (χ0v) is 18.7. The maximum Gasteiger partial charge on any atom is 0.324 e. The van der Waals surface area contributed by atoms with Gasteiger partial charge in [-0.05, 0) is 33.1 Å². The van der Waals surface area contributed by atoms with Crippen LogP contribution in [0.1, 0.15) is 60.8 Å². The van der Waals surface area contributed by atoms with Gasteiger partial charge in [-0.1, -0.05) is 27.7 Å². The monoisotopic (exact) mass is 424 g/mol. The van der Waals surface area contributed by atoms with Crippen LogP contribution in [0.4, 0.5) is 0 Å². The van der Waals surface area contributed by atoms with Gasteiger partial charge in [-0.2, -0.15) is 8.42 Å². The van der Waals surface area contributed by atoms with Crippen molar-refractivity contribution in [3.63, 3.8) is 0 Å². The molecule has 0 rings (SSSR count). The lowest BCUT2D eigenvalue weighted by atomic mass is 10.1. The normalized spacial score (nSPS) is 16.0. The summed E-state index contributed by atoms with van der Waals surface area (Å²) in [5.41, 5.74) is 0. The Morgan fingerprint density at radius 2 is 1.38 bits per heavy atom. The highest BCUT2D eigenvalue weighted by Crippen LogP contribution is 2.34. The molecule has 0 heterocycles. The summed E-state index contributed by atoms with van der Waals surface area (Å²) in [6, 6.07) is 0. The molecule has 0 saturated heterocycles. The van der Waals surface area contributed by atoms with Crippen LogP contribution in [-0.2, 0) is 24.0 Å². The number of hydrogen-bond acceptors (Lipinski definition) is 6. The van der Waals surface area contributed by atoms with E-state index >= 15 is 0 Å². The van der Waals surface area contributed by atoms with Gasteiger partial charge < -0.3 is 19.6 Å². The Kier molecular flexibility index (Phi) is 22.8. The summed E-state index contributed by atoms with van der Waals surface area (Å²) >= 11 is 0. The molecule has 0 fully saturated rings. The van der Waals surface area contributed by atoms with E-state index in [1.165, 1.54) is 14.0 Å². The first-order valence-electron chi connectivity index (χ1n) is 8.22. The zero-order chi connectivity index (χ0) is 22.1. The van der Waals surface area contributed by atoms with E-state index in [-0.39, 0.29) is 12.0 Å². The van der Waals surface area contributed by atoms with E-state index < -0.39 is 28.9 Å². The van der Waals surface area contributed by atoms with Crippen molar-refractivity contribution in [1.29, 1.82) is 0 Å². The van der Waals surface area contributed by atoms with Crippen molar-refractivity contribution in [3.05, 3.63) is 0 Å². The number of aliphatic hydroxyl groups excluding tert-OH is 1. The molecule has 9 nitrogen and oxygen atoms in total. The Labute approximate surface area is 158 Å². The fourth-order valence-corrected chi connectivity index (χ4v) is 0.806. The first-order chi connectivity index (χ1) is 11.5. The number of carboxylic acids is 1. The van der Waals surface area contributed by atoms with Gasteiger partial charge in [0.2, 0.25) is 0 Å². The molecule has 0 saturated carbocycles. The van der Waals surface area contributed by atoms with Crippen molar-refractivity contribution in [2.75, 3.05) is 13.8 Å². The lowest BCUT2D eigenvalue weighted by Crippen LogP contribution is -2.14. The molecule has 162 valence electrons. The molecule has 26 heavy (non-hydrogen) atoms. The van der Waals surface area contributed by atoms with Gasteiger partial charge in [-0.25, -0.2) is 0 Å². The second kappa shape index (κ2) is 17.9. The van der Waals surface area contributed by atoms with Gasteiger partial charge >= 0.3 is 13.6 Å². The molecule has 0 aliphatic heterocycles. The quantitative estimate of drug-likeness (QED) is 0.371. The molecule has 11 heteroatoms. The van der Waals surface area contributed by atoms with E-state index in [1.54, 1.807) is 20.8 Å². The third-order valence-electron chi connectivity index (χ3n) is 3.05. The van der Waals surface area contributed by atoms with Crippen molar-refractivity contribution >= 4 is 23.7 Å². The smallest absolute Gasteiger partial charge is 0.324 e. The number of aliphatic carboxylic acids is 1. The van der Waals surface area contributed by atoms with Crippen LogP contribution in [0.2, 0.25) is 0 Å². The largest absolute Gasteiger partial charge is 0.481 e. The average Bonchev–Trinajstić information content (AvgIpc) is 2.53. The number of aliphatic hydroxyl groups is 1. The van der Waals surface area contributed by atoms with Crippen LogP contribution in [0.5, 0.6) is 0 Å². The second-order valence-corrected chi connectivity index (χ2v) is 9.43. The predicted octanol–water partition coefficient (Wildman–Crippen LogP) is 3.02. The molecule has 0 aromatic rings. The Hall–Kier alpha value is -0.510. The highest BCUT2D eigenvalue weighted by Gasteiger charge is 2.13. The molecular formula is C15H37O9PS. The van der Waals surface area contributed by atoms with Crippen molar-refractivity contribution < 1.29 is 42.0 Å². The van der Waals surface area contributed by atoms with Crippen LogP contribution < -0.4 is 0 Å². The summed E-state index contributed by atoms with van der Waals surface area (Å²) in [6.45, 7) is 11.6. The minimum absolute atomic E-state index is 0.116. The molecule has 0 spiro atoms. The molecule has 0 bridgehead atoms. The average molecular weight is 424 g/mol. The predicted molar refractivity (Wildman–Crippen MR) is 103 cm³/mol. The summed E-state index contributed by atoms with van der Waals surface area (Å²) in [7, 11) is -5.70. The van der Waals surface area contributed by atoms with Crippen molar-refractivity contribution in [2.24, 2.45) is 5.92 Å². The number of carbonyl (C=O) groups is 1. The van der Waals surface area contributed by atoms with E-state index in [4.69, 9.17) is 19.7 Å². The third-order valence-corrected chi connectivity index (χ3v) is 5.07. The van der Waals surface area contributed by atoms with Gasteiger partial charge in [0.25, 0.3) is 10.1 Å². The SMILES string of the molecule is CCC(C)C(=O)O.CCC(C)O.CCC(C)S(=O)(=O)O.COP(C)(=O)O. The standard InChI is InChI=1S/C5H10O2.C4H10O3S.C4H10O.C2H7O3P/c1-3-4(2)5(6)7;1-3-4(2)8(5,6)7;1-3-4(2)5;1-5-6(2,3)4/h4H,3H2,1-2H3,(H,6,7);4H,3H2,1-2H3,(H,5,6,7);4-5H,3H2,1-2H3;1-2H3,(H,3,4). The zero-order valence-electron chi connectivity index (χ0n) is 17.0. The summed E-state index contributed by atoms with van der Waals surface area (Å²) in [4.78, 5) is 18.1. The lowest BCUT2D eigenvalue weighted by Gasteiger charge is -2.00. The van der Waals surface area contributed by atoms with E-state index in [2.05, 4.69) is 4.52 Å². The fraction of sp³-hybridized carbons (Fsp3) is 0.933. The van der Waals surface area contributed by atoms with Gasteiger partial charge in [-0.3, -0.25) is 13.9 Å². The summed E-state index contributed by atoms with van der Waals surface area (Å²) in [6.07, 6.45) is 1.92. The molecule has 0 radical (unpaired) electrons. The first kappa shape index (κ1) is 33.1. The Balaban J connectivity index is -0.000000126. The molecule has 0 aromatic carbocycles. The number of carboxylic acid groups (broad SMARTS) is 1. The van der Waals surface area contributed by atoms with Gasteiger partial charge in [0.1, 0.15) is 0 Å². The van der Waals surface area contributed by atoms with E-state index in [0.29, 0.717) is 6.42 Å². The van der Waals surface area contributed by atoms with Crippen LogP contribution in [0.3, 0.4) is 0 Å². The van der Waals surface area contributed by atoms with Gasteiger partial charge in [0.15, 0.2) is 0 Å². The van der Waals surface area contributed by atoms with E-state index in [1.807, 2.05) is 13.8 Å². The molecule has 0 aromatic heterocycles. The molecule has 0 aliphatic rings. The second-order valence-electron chi connectivity index (χ2n) is 5.62. The van der Waals surface area contributed by atoms with Crippen LogP contribution in [0.25, 0.3) is 0 Å². The van der Waals surface area contributed by atoms with E-state index in [0.717, 1.165) is 19.5 Å². The molecule has 0 amide bonds.